The van der Waals surface area contributed by atoms with Crippen molar-refractivity contribution in [3.63, 3.8) is 0 Å². The Bertz CT molecular complexity index is 550. The van der Waals surface area contributed by atoms with E-state index in [1.165, 1.54) is 27.6 Å². The lowest BCUT2D eigenvalue weighted by Gasteiger charge is -2.26. The van der Waals surface area contributed by atoms with E-state index in [4.69, 9.17) is 0 Å². The fourth-order valence-electron chi connectivity index (χ4n) is 2.89. The maximum absolute atomic E-state index is 3.43. The Hall–Kier alpha value is -1.32. The highest BCUT2D eigenvalue weighted by Gasteiger charge is 2.13. The fourth-order valence-corrected chi connectivity index (χ4v) is 2.89. The van der Waals surface area contributed by atoms with E-state index in [1.54, 1.807) is 0 Å². The highest BCUT2D eigenvalue weighted by atomic mass is 15.2. The number of aromatic amines is 1. The van der Waals surface area contributed by atoms with Crippen LogP contribution in [0.3, 0.4) is 0 Å². The van der Waals surface area contributed by atoms with Crippen molar-refractivity contribution in [3.05, 3.63) is 35.0 Å². The molecular weight excluding hydrogens is 222 g/mol. The molecule has 0 spiro atoms. The summed E-state index contributed by atoms with van der Waals surface area (Å²) in [6, 6.07) is 4.55. The zero-order valence-electron chi connectivity index (χ0n) is 11.2. The summed E-state index contributed by atoms with van der Waals surface area (Å²) >= 11 is 0. The van der Waals surface area contributed by atoms with Gasteiger partial charge in [0.25, 0.3) is 0 Å². The van der Waals surface area contributed by atoms with Gasteiger partial charge in [0, 0.05) is 49.8 Å². The number of aryl methyl sites for hydroxylation is 2. The van der Waals surface area contributed by atoms with E-state index in [0.717, 1.165) is 32.7 Å². The first-order valence-electron chi connectivity index (χ1n) is 6.74. The van der Waals surface area contributed by atoms with Crippen molar-refractivity contribution in [2.75, 3.05) is 26.2 Å². The molecule has 18 heavy (non-hydrogen) atoms. The molecule has 0 aliphatic carbocycles. The second kappa shape index (κ2) is 4.75. The van der Waals surface area contributed by atoms with E-state index in [2.05, 4.69) is 47.4 Å². The Kier molecular flexibility index (Phi) is 3.10. The van der Waals surface area contributed by atoms with Gasteiger partial charge in [0.2, 0.25) is 0 Å². The van der Waals surface area contributed by atoms with Gasteiger partial charge in [0.1, 0.15) is 0 Å². The second-order valence-electron chi connectivity index (χ2n) is 5.34. The summed E-state index contributed by atoms with van der Waals surface area (Å²) in [6.45, 7) is 9.94. The van der Waals surface area contributed by atoms with Gasteiger partial charge in [-0.05, 0) is 31.0 Å². The SMILES string of the molecule is Cc1cc(C)c2[nH]cc(CN3CCNCC3)c2c1. The van der Waals surface area contributed by atoms with E-state index >= 15 is 0 Å². The van der Waals surface area contributed by atoms with Gasteiger partial charge in [-0.2, -0.15) is 0 Å². The Labute approximate surface area is 108 Å². The molecule has 1 aromatic heterocycles. The summed E-state index contributed by atoms with van der Waals surface area (Å²) in [7, 11) is 0. The monoisotopic (exact) mass is 243 g/mol. The van der Waals surface area contributed by atoms with Crippen molar-refractivity contribution in [2.45, 2.75) is 20.4 Å². The predicted molar refractivity (Wildman–Crippen MR) is 75.9 cm³/mol. The molecule has 2 heterocycles. The molecule has 1 aliphatic rings. The van der Waals surface area contributed by atoms with Crippen LogP contribution in [0, 0.1) is 13.8 Å². The molecule has 96 valence electrons. The molecule has 0 bridgehead atoms. The molecule has 1 saturated heterocycles. The molecule has 1 aromatic carbocycles. The van der Waals surface area contributed by atoms with Crippen LogP contribution in [-0.4, -0.2) is 36.1 Å². The fraction of sp³-hybridized carbons (Fsp3) is 0.467. The predicted octanol–water partition coefficient (Wildman–Crippen LogP) is 2.19. The number of nitrogens with one attached hydrogen (secondary N) is 2. The lowest BCUT2D eigenvalue weighted by molar-refractivity contribution is 0.234. The minimum absolute atomic E-state index is 1.06. The van der Waals surface area contributed by atoms with E-state index < -0.39 is 0 Å². The normalized spacial score (nSPS) is 17.4. The zero-order chi connectivity index (χ0) is 12.5. The molecule has 0 unspecified atom stereocenters. The summed E-state index contributed by atoms with van der Waals surface area (Å²) in [5.74, 6) is 0. The number of aromatic nitrogens is 1. The van der Waals surface area contributed by atoms with Crippen LogP contribution < -0.4 is 5.32 Å². The number of benzene rings is 1. The highest BCUT2D eigenvalue weighted by Crippen LogP contribution is 2.24. The second-order valence-corrected chi connectivity index (χ2v) is 5.34. The van der Waals surface area contributed by atoms with Crippen molar-refractivity contribution in [1.29, 1.82) is 0 Å². The number of hydrogen-bond acceptors (Lipinski definition) is 2. The first-order chi connectivity index (χ1) is 8.74. The van der Waals surface area contributed by atoms with Crippen LogP contribution in [0.15, 0.2) is 18.3 Å². The van der Waals surface area contributed by atoms with E-state index in [-0.39, 0.29) is 0 Å². The summed E-state index contributed by atoms with van der Waals surface area (Å²) < 4.78 is 0. The van der Waals surface area contributed by atoms with Gasteiger partial charge in [0.05, 0.1) is 0 Å². The summed E-state index contributed by atoms with van der Waals surface area (Å²) in [5.41, 5.74) is 5.42. The largest absolute Gasteiger partial charge is 0.361 e. The maximum atomic E-state index is 3.43. The van der Waals surface area contributed by atoms with Gasteiger partial charge >= 0.3 is 0 Å². The molecule has 1 aliphatic heterocycles. The summed E-state index contributed by atoms with van der Waals surface area (Å²) in [6.07, 6.45) is 2.18. The molecule has 0 atom stereocenters. The van der Waals surface area contributed by atoms with Crippen LogP contribution in [0.1, 0.15) is 16.7 Å². The summed E-state index contributed by atoms with van der Waals surface area (Å²) in [5, 5.41) is 4.79. The minimum Gasteiger partial charge on any atom is -0.361 e. The molecule has 1 fully saturated rings. The van der Waals surface area contributed by atoms with Crippen LogP contribution in [0.4, 0.5) is 0 Å². The number of rotatable bonds is 2. The third-order valence-electron chi connectivity index (χ3n) is 3.82. The zero-order valence-corrected chi connectivity index (χ0v) is 11.2. The first kappa shape index (κ1) is 11.8. The highest BCUT2D eigenvalue weighted by molar-refractivity contribution is 5.86. The number of piperazine rings is 1. The Balaban J connectivity index is 1.92. The minimum atomic E-state index is 1.06. The number of hydrogen-bond donors (Lipinski definition) is 2. The molecule has 3 heteroatoms. The van der Waals surface area contributed by atoms with Crippen LogP contribution in [0.2, 0.25) is 0 Å². The van der Waals surface area contributed by atoms with E-state index in [0.29, 0.717) is 0 Å². The summed E-state index contributed by atoms with van der Waals surface area (Å²) in [4.78, 5) is 5.96. The molecule has 0 saturated carbocycles. The van der Waals surface area contributed by atoms with Gasteiger partial charge in [-0.25, -0.2) is 0 Å². The Morgan fingerprint density at radius 2 is 1.94 bits per heavy atom. The quantitative estimate of drug-likeness (QED) is 0.847. The number of nitrogens with zero attached hydrogens (tertiary/aromatic N) is 1. The average molecular weight is 243 g/mol. The molecular formula is C15H21N3. The average Bonchev–Trinajstić information content (AvgIpc) is 2.74. The number of H-pyrrole nitrogens is 1. The smallest absolute Gasteiger partial charge is 0.0487 e. The molecule has 3 rings (SSSR count). The molecule has 3 nitrogen and oxygen atoms in total. The van der Waals surface area contributed by atoms with Crippen molar-refractivity contribution in [1.82, 2.24) is 15.2 Å². The Morgan fingerprint density at radius 1 is 1.17 bits per heavy atom. The van der Waals surface area contributed by atoms with Gasteiger partial charge in [0.15, 0.2) is 0 Å². The van der Waals surface area contributed by atoms with Crippen molar-refractivity contribution in [2.24, 2.45) is 0 Å². The molecule has 0 amide bonds. The lowest BCUT2D eigenvalue weighted by atomic mass is 10.1. The third-order valence-corrected chi connectivity index (χ3v) is 3.82. The molecule has 2 N–H and O–H groups in total. The van der Waals surface area contributed by atoms with Crippen molar-refractivity contribution >= 4 is 10.9 Å². The van der Waals surface area contributed by atoms with Gasteiger partial charge in [-0.3, -0.25) is 4.90 Å². The standard InChI is InChI=1S/C15H21N3/c1-11-7-12(2)15-14(8-11)13(9-17-15)10-18-5-3-16-4-6-18/h7-9,16-17H,3-6,10H2,1-2H3. The lowest BCUT2D eigenvalue weighted by Crippen LogP contribution is -2.42. The van der Waals surface area contributed by atoms with E-state index in [9.17, 15) is 0 Å². The maximum Gasteiger partial charge on any atom is 0.0487 e. The van der Waals surface area contributed by atoms with Crippen LogP contribution in [-0.2, 0) is 6.54 Å². The van der Waals surface area contributed by atoms with Crippen molar-refractivity contribution < 1.29 is 0 Å². The number of fused-ring (bicyclic) bond motifs is 1. The van der Waals surface area contributed by atoms with Crippen molar-refractivity contribution in [3.8, 4) is 0 Å². The van der Waals surface area contributed by atoms with Gasteiger partial charge in [-0.1, -0.05) is 11.6 Å². The Morgan fingerprint density at radius 3 is 2.72 bits per heavy atom. The molecule has 0 radical (unpaired) electrons. The van der Waals surface area contributed by atoms with Gasteiger partial charge in [-0.15, -0.1) is 0 Å². The first-order valence-corrected chi connectivity index (χ1v) is 6.74. The third kappa shape index (κ3) is 2.16. The van der Waals surface area contributed by atoms with Gasteiger partial charge < -0.3 is 10.3 Å². The topological polar surface area (TPSA) is 31.1 Å². The van der Waals surface area contributed by atoms with Crippen LogP contribution in [0.5, 0.6) is 0 Å². The van der Waals surface area contributed by atoms with Crippen LogP contribution in [0.25, 0.3) is 10.9 Å². The van der Waals surface area contributed by atoms with E-state index in [1.807, 2.05) is 0 Å². The molecule has 2 aromatic rings. The van der Waals surface area contributed by atoms with Crippen LogP contribution >= 0.6 is 0 Å².